The van der Waals surface area contributed by atoms with E-state index in [1.807, 2.05) is 31.2 Å². The van der Waals surface area contributed by atoms with Crippen LogP contribution in [0.15, 0.2) is 59.1 Å². The lowest BCUT2D eigenvalue weighted by Gasteiger charge is -2.13. The molecule has 1 amide bonds. The fourth-order valence-electron chi connectivity index (χ4n) is 3.25. The van der Waals surface area contributed by atoms with Gasteiger partial charge in [0.1, 0.15) is 16.5 Å². The molecule has 0 aliphatic rings. The van der Waals surface area contributed by atoms with Crippen molar-refractivity contribution in [2.45, 2.75) is 13.8 Å². The van der Waals surface area contributed by atoms with E-state index in [-0.39, 0.29) is 16.8 Å². The van der Waals surface area contributed by atoms with Gasteiger partial charge >= 0.3 is 0 Å². The third-order valence-electron chi connectivity index (χ3n) is 4.80. The van der Waals surface area contributed by atoms with Crippen LogP contribution < -0.4 is 15.4 Å². The lowest BCUT2D eigenvalue weighted by Crippen LogP contribution is -2.34. The van der Waals surface area contributed by atoms with Gasteiger partial charge in [-0.1, -0.05) is 12.1 Å². The Morgan fingerprint density at radius 1 is 1.21 bits per heavy atom. The van der Waals surface area contributed by atoms with E-state index in [0.717, 1.165) is 10.2 Å². The molecular formula is C24H20BrN3O3S2. The predicted octanol–water partition coefficient (Wildman–Crippen LogP) is 6.27. The number of benzene rings is 3. The lowest BCUT2D eigenvalue weighted by atomic mass is 10.1. The number of halogens is 1. The van der Waals surface area contributed by atoms with Gasteiger partial charge in [-0.05, 0) is 90.0 Å². The number of phenols is 1. The Hall–Kier alpha value is -3.01. The van der Waals surface area contributed by atoms with Crippen LogP contribution in [-0.2, 0) is 0 Å². The summed E-state index contributed by atoms with van der Waals surface area (Å²) in [5.41, 5.74) is 3.21. The number of amides is 1. The maximum atomic E-state index is 12.6. The molecule has 4 aromatic rings. The van der Waals surface area contributed by atoms with Crippen molar-refractivity contribution in [3.8, 4) is 22.1 Å². The second kappa shape index (κ2) is 9.86. The summed E-state index contributed by atoms with van der Waals surface area (Å²) < 4.78 is 7.20. The average molecular weight is 542 g/mol. The Morgan fingerprint density at radius 2 is 2.00 bits per heavy atom. The minimum absolute atomic E-state index is 0.144. The van der Waals surface area contributed by atoms with Crippen molar-refractivity contribution in [1.29, 1.82) is 0 Å². The number of phenolic OH excluding ortho intramolecular Hbond substituents is 1. The van der Waals surface area contributed by atoms with Crippen LogP contribution in [0.2, 0.25) is 0 Å². The number of hydrogen-bond acceptors (Lipinski definition) is 6. The number of aryl methyl sites for hydroxylation is 1. The predicted molar refractivity (Wildman–Crippen MR) is 140 cm³/mol. The molecule has 0 spiro atoms. The molecule has 4 rings (SSSR count). The molecular weight excluding hydrogens is 522 g/mol. The maximum absolute atomic E-state index is 12.6. The van der Waals surface area contributed by atoms with Gasteiger partial charge in [0, 0.05) is 11.3 Å². The topological polar surface area (TPSA) is 83.5 Å². The van der Waals surface area contributed by atoms with Crippen LogP contribution in [0.25, 0.3) is 20.8 Å². The molecule has 9 heteroatoms. The zero-order valence-corrected chi connectivity index (χ0v) is 21.0. The highest BCUT2D eigenvalue weighted by Gasteiger charge is 2.15. The Labute approximate surface area is 208 Å². The molecule has 168 valence electrons. The third kappa shape index (κ3) is 5.16. The first-order chi connectivity index (χ1) is 15.9. The van der Waals surface area contributed by atoms with Crippen molar-refractivity contribution < 1.29 is 14.6 Å². The van der Waals surface area contributed by atoms with E-state index in [4.69, 9.17) is 17.0 Å². The van der Waals surface area contributed by atoms with Crippen LogP contribution in [0, 0.1) is 6.92 Å². The number of hydrogen-bond donors (Lipinski definition) is 3. The number of thiazole rings is 1. The minimum atomic E-state index is -0.349. The summed E-state index contributed by atoms with van der Waals surface area (Å²) in [7, 11) is 0. The molecule has 0 atom stereocenters. The number of para-hydroxylation sites is 1. The van der Waals surface area contributed by atoms with E-state index in [1.165, 1.54) is 11.3 Å². The fraction of sp³-hybridized carbons (Fsp3) is 0.125. The quantitative estimate of drug-likeness (QED) is 0.204. The normalized spacial score (nSPS) is 10.8. The van der Waals surface area contributed by atoms with Crippen LogP contribution in [0.1, 0.15) is 22.8 Å². The van der Waals surface area contributed by atoms with Crippen molar-refractivity contribution in [3.05, 3.63) is 70.2 Å². The molecule has 0 aliphatic carbocycles. The second-order valence-electron chi connectivity index (χ2n) is 7.16. The zero-order valence-electron chi connectivity index (χ0n) is 17.8. The molecule has 3 aromatic carbocycles. The summed E-state index contributed by atoms with van der Waals surface area (Å²) in [5.74, 6) is 0.476. The standard InChI is InChI=1S/C24H20BrN3O3S2/c1-3-31-19-9-8-14(11-17(19)25)22(30)28-24(32)26-15-10-13(2)21(29)16(12-15)23-27-18-6-4-5-7-20(18)33-23/h4-12,29H,3H2,1-2H3,(H2,26,28,30,32). The largest absolute Gasteiger partial charge is 0.507 e. The van der Waals surface area contributed by atoms with Crippen molar-refractivity contribution in [2.24, 2.45) is 0 Å². The highest BCUT2D eigenvalue weighted by atomic mass is 79.9. The number of fused-ring (bicyclic) bond motifs is 1. The van der Waals surface area contributed by atoms with Crippen molar-refractivity contribution in [1.82, 2.24) is 10.3 Å². The highest BCUT2D eigenvalue weighted by molar-refractivity contribution is 9.10. The third-order valence-corrected chi connectivity index (χ3v) is 6.70. The van der Waals surface area contributed by atoms with E-state index in [2.05, 4.69) is 31.5 Å². The molecule has 0 saturated carbocycles. The summed E-state index contributed by atoms with van der Waals surface area (Å²) in [6.45, 7) is 4.23. The van der Waals surface area contributed by atoms with Crippen LogP contribution >= 0.6 is 39.5 Å². The first kappa shape index (κ1) is 23.2. The number of carbonyl (C=O) groups excluding carboxylic acids is 1. The first-order valence-electron chi connectivity index (χ1n) is 10.1. The molecule has 0 unspecified atom stereocenters. The fourth-order valence-corrected chi connectivity index (χ4v) is 4.94. The SMILES string of the molecule is CCOc1ccc(C(=O)NC(=S)Nc2cc(C)c(O)c(-c3nc4ccccc4s3)c2)cc1Br. The summed E-state index contributed by atoms with van der Waals surface area (Å²) in [4.78, 5) is 17.3. The van der Waals surface area contributed by atoms with Gasteiger partial charge in [0.05, 0.1) is 26.9 Å². The van der Waals surface area contributed by atoms with E-state index in [9.17, 15) is 9.90 Å². The van der Waals surface area contributed by atoms with Gasteiger partial charge < -0.3 is 15.2 Å². The molecule has 0 bridgehead atoms. The number of nitrogens with one attached hydrogen (secondary N) is 2. The Kier molecular flexibility index (Phi) is 6.92. The number of carbonyl (C=O) groups is 1. The smallest absolute Gasteiger partial charge is 0.257 e. The second-order valence-corrected chi connectivity index (χ2v) is 9.46. The molecule has 1 aromatic heterocycles. The van der Waals surface area contributed by atoms with E-state index < -0.39 is 0 Å². The van der Waals surface area contributed by atoms with E-state index in [0.29, 0.717) is 44.2 Å². The number of aromatic hydroxyl groups is 1. The molecule has 3 N–H and O–H groups in total. The first-order valence-corrected chi connectivity index (χ1v) is 12.1. The summed E-state index contributed by atoms with van der Waals surface area (Å²) in [6, 6.07) is 16.4. The van der Waals surface area contributed by atoms with Crippen LogP contribution in [-0.4, -0.2) is 27.7 Å². The monoisotopic (exact) mass is 541 g/mol. The molecule has 0 fully saturated rings. The molecule has 0 saturated heterocycles. The van der Waals surface area contributed by atoms with Crippen molar-refractivity contribution in [2.75, 3.05) is 11.9 Å². The number of aromatic nitrogens is 1. The summed E-state index contributed by atoms with van der Waals surface area (Å²) in [5, 5.41) is 17.2. The minimum Gasteiger partial charge on any atom is -0.507 e. The van der Waals surface area contributed by atoms with Gasteiger partial charge in [-0.3, -0.25) is 10.1 Å². The molecule has 33 heavy (non-hydrogen) atoms. The summed E-state index contributed by atoms with van der Waals surface area (Å²) >= 11 is 10.3. The average Bonchev–Trinajstić information content (AvgIpc) is 3.21. The van der Waals surface area contributed by atoms with E-state index in [1.54, 1.807) is 37.3 Å². The van der Waals surface area contributed by atoms with Crippen LogP contribution in [0.5, 0.6) is 11.5 Å². The number of rotatable bonds is 5. The number of ether oxygens (including phenoxy) is 1. The molecule has 6 nitrogen and oxygen atoms in total. The van der Waals surface area contributed by atoms with Crippen molar-refractivity contribution in [3.63, 3.8) is 0 Å². The van der Waals surface area contributed by atoms with Gasteiger partial charge in [0.2, 0.25) is 0 Å². The number of thiocarbonyl (C=S) groups is 1. The number of anilines is 1. The van der Waals surface area contributed by atoms with Crippen LogP contribution in [0.3, 0.4) is 0 Å². The number of nitrogens with zero attached hydrogens (tertiary/aromatic N) is 1. The molecule has 0 aliphatic heterocycles. The zero-order chi connectivity index (χ0) is 23.5. The Balaban J connectivity index is 1.52. The Bertz CT molecular complexity index is 1340. The van der Waals surface area contributed by atoms with Gasteiger partial charge in [0.25, 0.3) is 5.91 Å². The summed E-state index contributed by atoms with van der Waals surface area (Å²) in [6.07, 6.45) is 0. The maximum Gasteiger partial charge on any atom is 0.257 e. The molecule has 0 radical (unpaired) electrons. The van der Waals surface area contributed by atoms with Crippen molar-refractivity contribution >= 4 is 66.4 Å². The lowest BCUT2D eigenvalue weighted by molar-refractivity contribution is 0.0977. The van der Waals surface area contributed by atoms with Gasteiger partial charge in [-0.25, -0.2) is 4.98 Å². The van der Waals surface area contributed by atoms with Gasteiger partial charge in [-0.2, -0.15) is 0 Å². The Morgan fingerprint density at radius 3 is 2.73 bits per heavy atom. The van der Waals surface area contributed by atoms with Crippen LogP contribution in [0.4, 0.5) is 5.69 Å². The van der Waals surface area contributed by atoms with E-state index >= 15 is 0 Å². The highest BCUT2D eigenvalue weighted by Crippen LogP contribution is 2.38. The van der Waals surface area contributed by atoms with Gasteiger partial charge in [-0.15, -0.1) is 11.3 Å². The molecule has 1 heterocycles. The van der Waals surface area contributed by atoms with Gasteiger partial charge in [0.15, 0.2) is 5.11 Å².